The average molecular weight is 447 g/mol. The molecule has 3 aromatic rings. The second-order valence-corrected chi connectivity index (χ2v) is 7.19. The van der Waals surface area contributed by atoms with Crippen molar-refractivity contribution in [2.75, 3.05) is 19.5 Å². The van der Waals surface area contributed by atoms with Crippen LogP contribution >= 0.6 is 0 Å². The first-order valence-electron chi connectivity index (χ1n) is 9.69. The van der Waals surface area contributed by atoms with Gasteiger partial charge in [0.05, 0.1) is 19.8 Å². The van der Waals surface area contributed by atoms with Gasteiger partial charge in [-0.15, -0.1) is 0 Å². The monoisotopic (exact) mass is 447 g/mol. The number of H-pyrrole nitrogens is 1. The van der Waals surface area contributed by atoms with Crippen molar-refractivity contribution in [1.29, 1.82) is 0 Å². The summed E-state index contributed by atoms with van der Waals surface area (Å²) in [4.78, 5) is 12.1. The standard InChI is InChI=1S/C22H20F3N3O4/c1-30-17-7-13(14-9-19(29)27-21-15(14)10-26-28-21)8-18(31-2)20(17)32-11-12-5-3-4-6-16(12)22(23,24)25/h3-8,10,14H,9,11H2,1-2H3,(H2,26,27,28,29). The van der Waals surface area contributed by atoms with Crippen LogP contribution in [0.1, 0.15) is 34.6 Å². The zero-order valence-electron chi connectivity index (χ0n) is 17.2. The van der Waals surface area contributed by atoms with Gasteiger partial charge in [0.15, 0.2) is 17.3 Å². The molecule has 168 valence electrons. The highest BCUT2D eigenvalue weighted by molar-refractivity contribution is 5.94. The Labute approximate surface area is 181 Å². The van der Waals surface area contributed by atoms with Gasteiger partial charge in [-0.25, -0.2) is 0 Å². The minimum Gasteiger partial charge on any atom is -0.493 e. The van der Waals surface area contributed by atoms with Crippen LogP contribution in [0, 0.1) is 0 Å². The van der Waals surface area contributed by atoms with Gasteiger partial charge >= 0.3 is 6.18 Å². The lowest BCUT2D eigenvalue weighted by Crippen LogP contribution is -2.23. The number of ether oxygens (including phenoxy) is 3. The van der Waals surface area contributed by atoms with Gasteiger partial charge in [0.1, 0.15) is 6.61 Å². The predicted octanol–water partition coefficient (Wildman–Crippen LogP) is 4.50. The minimum absolute atomic E-state index is 0.0137. The largest absolute Gasteiger partial charge is 0.493 e. The van der Waals surface area contributed by atoms with E-state index in [-0.39, 0.29) is 47.7 Å². The highest BCUT2D eigenvalue weighted by atomic mass is 19.4. The Hall–Kier alpha value is -3.69. The summed E-state index contributed by atoms with van der Waals surface area (Å²) >= 11 is 0. The van der Waals surface area contributed by atoms with Crippen molar-refractivity contribution in [3.63, 3.8) is 0 Å². The van der Waals surface area contributed by atoms with Crippen LogP contribution in [-0.2, 0) is 17.6 Å². The number of fused-ring (bicyclic) bond motifs is 1. The van der Waals surface area contributed by atoms with E-state index in [2.05, 4.69) is 15.5 Å². The van der Waals surface area contributed by atoms with Gasteiger partial charge in [-0.3, -0.25) is 9.89 Å². The van der Waals surface area contributed by atoms with Crippen LogP contribution in [0.25, 0.3) is 0 Å². The smallest absolute Gasteiger partial charge is 0.416 e. The molecule has 0 bridgehead atoms. The molecule has 4 rings (SSSR count). The number of anilines is 1. The summed E-state index contributed by atoms with van der Waals surface area (Å²) < 4.78 is 56.6. The third kappa shape index (κ3) is 4.08. The van der Waals surface area contributed by atoms with Crippen LogP contribution < -0.4 is 19.5 Å². The van der Waals surface area contributed by atoms with Gasteiger partial charge in [-0.2, -0.15) is 18.3 Å². The maximum Gasteiger partial charge on any atom is 0.416 e. The molecule has 2 aromatic carbocycles. The Bertz CT molecular complexity index is 1120. The molecule has 1 unspecified atom stereocenters. The van der Waals surface area contributed by atoms with Crippen molar-refractivity contribution in [3.05, 3.63) is 64.8 Å². The Kier molecular flexibility index (Phi) is 5.68. The summed E-state index contributed by atoms with van der Waals surface area (Å²) in [6, 6.07) is 8.58. The van der Waals surface area contributed by atoms with E-state index in [9.17, 15) is 18.0 Å². The van der Waals surface area contributed by atoms with Crippen LogP contribution in [0.15, 0.2) is 42.6 Å². The summed E-state index contributed by atoms with van der Waals surface area (Å²) in [6.07, 6.45) is -2.60. The number of rotatable bonds is 6. The molecule has 1 atom stereocenters. The topological polar surface area (TPSA) is 85.5 Å². The van der Waals surface area contributed by atoms with E-state index >= 15 is 0 Å². The Balaban J connectivity index is 1.68. The van der Waals surface area contributed by atoms with E-state index in [1.54, 1.807) is 18.3 Å². The van der Waals surface area contributed by atoms with Crippen molar-refractivity contribution in [1.82, 2.24) is 10.2 Å². The molecule has 0 radical (unpaired) electrons. The van der Waals surface area contributed by atoms with Crippen molar-refractivity contribution in [2.45, 2.75) is 25.1 Å². The molecule has 1 aliphatic heterocycles. The Morgan fingerprint density at radius 3 is 2.47 bits per heavy atom. The average Bonchev–Trinajstić information content (AvgIpc) is 3.24. The third-order valence-electron chi connectivity index (χ3n) is 5.27. The van der Waals surface area contributed by atoms with Crippen LogP contribution in [0.2, 0.25) is 0 Å². The highest BCUT2D eigenvalue weighted by Gasteiger charge is 2.33. The number of amides is 1. The molecule has 0 saturated heterocycles. The minimum atomic E-state index is -4.50. The molecule has 1 amide bonds. The summed E-state index contributed by atoms with van der Waals surface area (Å²) in [5.41, 5.74) is 0.746. The van der Waals surface area contributed by atoms with Crippen LogP contribution in [0.3, 0.4) is 0 Å². The van der Waals surface area contributed by atoms with Crippen LogP contribution in [-0.4, -0.2) is 30.3 Å². The molecule has 1 aliphatic rings. The number of benzene rings is 2. The number of carbonyl (C=O) groups excluding carboxylic acids is 1. The fourth-order valence-corrected chi connectivity index (χ4v) is 3.76. The van der Waals surface area contributed by atoms with Crippen molar-refractivity contribution >= 4 is 11.7 Å². The molecule has 32 heavy (non-hydrogen) atoms. The number of halogens is 3. The maximum atomic E-state index is 13.3. The van der Waals surface area contributed by atoms with Crippen molar-refractivity contribution in [2.24, 2.45) is 0 Å². The molecule has 0 spiro atoms. The molecule has 1 aromatic heterocycles. The first kappa shape index (κ1) is 21.5. The molecule has 7 nitrogen and oxygen atoms in total. The molecule has 2 heterocycles. The van der Waals surface area contributed by atoms with Gasteiger partial charge in [0, 0.05) is 29.7 Å². The molecule has 10 heteroatoms. The second kappa shape index (κ2) is 8.45. The van der Waals surface area contributed by atoms with Gasteiger partial charge in [-0.1, -0.05) is 18.2 Å². The summed E-state index contributed by atoms with van der Waals surface area (Å²) in [7, 11) is 2.85. The molecule has 2 N–H and O–H groups in total. The van der Waals surface area contributed by atoms with E-state index in [0.717, 1.165) is 17.2 Å². The number of hydrogen-bond donors (Lipinski definition) is 2. The predicted molar refractivity (Wildman–Crippen MR) is 109 cm³/mol. The van der Waals surface area contributed by atoms with E-state index in [1.807, 2.05) is 0 Å². The highest BCUT2D eigenvalue weighted by Crippen LogP contribution is 2.45. The van der Waals surface area contributed by atoms with Gasteiger partial charge < -0.3 is 19.5 Å². The number of methoxy groups -OCH3 is 2. The van der Waals surface area contributed by atoms with E-state index in [4.69, 9.17) is 14.2 Å². The quantitative estimate of drug-likeness (QED) is 0.581. The van der Waals surface area contributed by atoms with Crippen molar-refractivity contribution < 1.29 is 32.2 Å². The zero-order valence-corrected chi connectivity index (χ0v) is 17.2. The lowest BCUT2D eigenvalue weighted by Gasteiger charge is -2.24. The zero-order chi connectivity index (χ0) is 22.9. The number of nitrogens with zero attached hydrogens (tertiary/aromatic N) is 1. The molecular formula is C22H20F3N3O4. The summed E-state index contributed by atoms with van der Waals surface area (Å²) in [6.45, 7) is -0.334. The second-order valence-electron chi connectivity index (χ2n) is 7.19. The van der Waals surface area contributed by atoms with Crippen LogP contribution in [0.5, 0.6) is 17.2 Å². The van der Waals surface area contributed by atoms with E-state index < -0.39 is 11.7 Å². The lowest BCUT2D eigenvalue weighted by molar-refractivity contribution is -0.138. The maximum absolute atomic E-state index is 13.3. The van der Waals surface area contributed by atoms with Gasteiger partial charge in [0.25, 0.3) is 0 Å². The molecule has 0 saturated carbocycles. The van der Waals surface area contributed by atoms with Gasteiger partial charge in [0.2, 0.25) is 11.7 Å². The molecule has 0 aliphatic carbocycles. The first-order chi connectivity index (χ1) is 15.3. The van der Waals surface area contributed by atoms with Gasteiger partial charge in [-0.05, 0) is 23.8 Å². The number of hydrogen-bond acceptors (Lipinski definition) is 5. The summed E-state index contributed by atoms with van der Waals surface area (Å²) in [5, 5.41) is 9.49. The fourth-order valence-electron chi connectivity index (χ4n) is 3.76. The van der Waals surface area contributed by atoms with E-state index in [1.165, 1.54) is 32.4 Å². The third-order valence-corrected chi connectivity index (χ3v) is 5.27. The molecule has 0 fully saturated rings. The number of aromatic amines is 1. The first-order valence-corrected chi connectivity index (χ1v) is 9.69. The van der Waals surface area contributed by atoms with E-state index in [0.29, 0.717) is 5.82 Å². The normalized spacial score (nSPS) is 15.7. The SMILES string of the molecule is COc1cc(C2CC(=O)Nc3n[nH]cc32)cc(OC)c1OCc1ccccc1C(F)(F)F. The number of nitrogens with one attached hydrogen (secondary N) is 2. The van der Waals surface area contributed by atoms with Crippen molar-refractivity contribution in [3.8, 4) is 17.2 Å². The Morgan fingerprint density at radius 1 is 1.12 bits per heavy atom. The van der Waals surface area contributed by atoms with Crippen LogP contribution in [0.4, 0.5) is 19.0 Å². The molecular weight excluding hydrogens is 427 g/mol. The lowest BCUT2D eigenvalue weighted by atomic mass is 9.87. The number of alkyl halides is 3. The fraction of sp³-hybridized carbons (Fsp3) is 0.273. The number of aromatic nitrogens is 2. The Morgan fingerprint density at radius 2 is 1.81 bits per heavy atom. The summed E-state index contributed by atoms with van der Waals surface area (Å²) in [5.74, 6) is 0.688. The number of carbonyl (C=O) groups is 1.